The third-order valence-corrected chi connectivity index (χ3v) is 6.62. The van der Waals surface area contributed by atoms with E-state index in [1.807, 2.05) is 0 Å². The number of halogens is 3. The molecule has 0 atom stereocenters. The van der Waals surface area contributed by atoms with Crippen molar-refractivity contribution in [1.29, 1.82) is 0 Å². The lowest BCUT2D eigenvalue weighted by Gasteiger charge is -2.26. The van der Waals surface area contributed by atoms with Crippen molar-refractivity contribution in [2.75, 3.05) is 49.2 Å². The van der Waals surface area contributed by atoms with E-state index in [1.165, 1.54) is 28.6 Å². The maximum atomic E-state index is 12.7. The van der Waals surface area contributed by atoms with Crippen molar-refractivity contribution in [2.24, 2.45) is 0 Å². The number of morpholine rings is 1. The number of amides is 1. The summed E-state index contributed by atoms with van der Waals surface area (Å²) in [6.07, 6.45) is -4.19. The molecular weight excluding hydrogens is 465 g/mol. The number of hydrogen-bond acceptors (Lipinski definition) is 8. The largest absolute Gasteiger partial charge is 0.389 e. The second-order valence-electron chi connectivity index (χ2n) is 7.13. The van der Waals surface area contributed by atoms with Gasteiger partial charge in [0.2, 0.25) is 16.0 Å². The monoisotopic (exact) mass is 488 g/mol. The predicted molar refractivity (Wildman–Crippen MR) is 114 cm³/mol. The van der Waals surface area contributed by atoms with Crippen LogP contribution < -0.4 is 16.4 Å². The van der Waals surface area contributed by atoms with Crippen LogP contribution in [-0.4, -0.2) is 67.6 Å². The minimum atomic E-state index is -4.24. The number of carbonyl (C=O) groups is 1. The maximum Gasteiger partial charge on any atom is 0.389 e. The summed E-state index contributed by atoms with van der Waals surface area (Å²) in [5, 5.41) is 5.19. The molecule has 180 valence electrons. The highest BCUT2D eigenvalue weighted by Crippen LogP contribution is 2.22. The van der Waals surface area contributed by atoms with Gasteiger partial charge in [0, 0.05) is 37.9 Å². The maximum absolute atomic E-state index is 12.7. The van der Waals surface area contributed by atoms with Gasteiger partial charge in [0.15, 0.2) is 0 Å². The Bertz CT molecular complexity index is 1070. The number of nitrogen functional groups attached to an aromatic ring is 1. The van der Waals surface area contributed by atoms with Crippen molar-refractivity contribution < 1.29 is 31.1 Å². The van der Waals surface area contributed by atoms with Crippen molar-refractivity contribution in [3.63, 3.8) is 0 Å². The summed E-state index contributed by atoms with van der Waals surface area (Å²) in [4.78, 5) is 20.4. The van der Waals surface area contributed by atoms with Gasteiger partial charge in [0.05, 0.1) is 18.1 Å². The number of alkyl halides is 3. The van der Waals surface area contributed by atoms with Gasteiger partial charge >= 0.3 is 6.18 Å². The molecular formula is C19H23F3N6O4S. The molecule has 33 heavy (non-hydrogen) atoms. The molecule has 1 aliphatic heterocycles. The smallest absolute Gasteiger partial charge is 0.383 e. The molecule has 1 aromatic carbocycles. The number of nitrogens with two attached hydrogens (primary N) is 1. The topological polar surface area (TPSA) is 140 Å². The number of benzene rings is 1. The van der Waals surface area contributed by atoms with Gasteiger partial charge in [-0.1, -0.05) is 0 Å². The van der Waals surface area contributed by atoms with E-state index >= 15 is 0 Å². The fourth-order valence-corrected chi connectivity index (χ4v) is 4.40. The van der Waals surface area contributed by atoms with Crippen LogP contribution in [0.1, 0.15) is 23.2 Å². The van der Waals surface area contributed by atoms with Crippen LogP contribution in [0.15, 0.2) is 35.4 Å². The normalized spacial score (nSPS) is 15.2. The molecule has 0 spiro atoms. The molecule has 1 fully saturated rings. The predicted octanol–water partition coefficient (Wildman–Crippen LogP) is 2.09. The highest BCUT2D eigenvalue weighted by molar-refractivity contribution is 7.89. The van der Waals surface area contributed by atoms with Crippen molar-refractivity contribution in [1.82, 2.24) is 14.3 Å². The van der Waals surface area contributed by atoms with Gasteiger partial charge in [0.25, 0.3) is 5.91 Å². The van der Waals surface area contributed by atoms with Gasteiger partial charge < -0.3 is 21.1 Å². The molecule has 2 aromatic rings. The first-order valence-electron chi connectivity index (χ1n) is 9.99. The highest BCUT2D eigenvalue weighted by Gasteiger charge is 2.27. The molecule has 0 bridgehead atoms. The second kappa shape index (κ2) is 10.3. The summed E-state index contributed by atoms with van der Waals surface area (Å²) in [5.41, 5.74) is 6.07. The third-order valence-electron chi connectivity index (χ3n) is 4.70. The Morgan fingerprint density at radius 2 is 1.85 bits per heavy atom. The summed E-state index contributed by atoms with van der Waals surface area (Å²) in [7, 11) is -3.66. The van der Waals surface area contributed by atoms with Crippen LogP contribution in [0.2, 0.25) is 0 Å². The molecule has 1 saturated heterocycles. The van der Waals surface area contributed by atoms with E-state index in [2.05, 4.69) is 20.6 Å². The Balaban J connectivity index is 1.59. The molecule has 1 aromatic heterocycles. The average Bonchev–Trinajstić information content (AvgIpc) is 2.77. The molecule has 10 nitrogen and oxygen atoms in total. The first-order chi connectivity index (χ1) is 15.6. The standard InChI is InChI=1S/C19H23F3N6O4S/c20-19(21,22)6-1-7-24-18-25-12-15(16(23)27-18)17(29)26-13-2-4-14(5-3-13)33(30,31)28-8-10-32-11-9-28/h2-5,12H,1,6-11H2,(H,26,29)(H3,23,24,25,27). The molecule has 0 unspecified atom stereocenters. The van der Waals surface area contributed by atoms with Crippen LogP contribution in [0, 0.1) is 0 Å². The van der Waals surface area contributed by atoms with Crippen molar-refractivity contribution in [3.05, 3.63) is 36.0 Å². The van der Waals surface area contributed by atoms with Crippen molar-refractivity contribution >= 4 is 33.4 Å². The fraction of sp³-hybridized carbons (Fsp3) is 0.421. The minimum Gasteiger partial charge on any atom is -0.383 e. The van der Waals surface area contributed by atoms with Gasteiger partial charge in [-0.15, -0.1) is 0 Å². The molecule has 3 rings (SSSR count). The number of nitrogens with one attached hydrogen (secondary N) is 2. The number of ether oxygens (including phenoxy) is 1. The van der Waals surface area contributed by atoms with Gasteiger partial charge in [-0.05, 0) is 30.7 Å². The quantitative estimate of drug-likeness (QED) is 0.480. The van der Waals surface area contributed by atoms with Crippen LogP contribution in [-0.2, 0) is 14.8 Å². The Hall–Kier alpha value is -2.97. The summed E-state index contributed by atoms with van der Waals surface area (Å²) in [6.45, 7) is 1.20. The summed E-state index contributed by atoms with van der Waals surface area (Å²) in [5.74, 6) is -0.781. The van der Waals surface area contributed by atoms with E-state index < -0.39 is 28.5 Å². The minimum absolute atomic E-state index is 0.00361. The first kappa shape index (κ1) is 24.7. The molecule has 2 heterocycles. The molecule has 1 amide bonds. The van der Waals surface area contributed by atoms with E-state index in [4.69, 9.17) is 10.5 Å². The molecule has 4 N–H and O–H groups in total. The lowest BCUT2D eigenvalue weighted by atomic mass is 10.2. The number of sulfonamides is 1. The van der Waals surface area contributed by atoms with Gasteiger partial charge in [0.1, 0.15) is 11.4 Å². The van der Waals surface area contributed by atoms with Gasteiger partial charge in [-0.2, -0.15) is 22.5 Å². The number of hydrogen-bond donors (Lipinski definition) is 3. The van der Waals surface area contributed by atoms with Crippen LogP contribution in [0.25, 0.3) is 0 Å². The lowest BCUT2D eigenvalue weighted by Crippen LogP contribution is -2.40. The van der Waals surface area contributed by atoms with E-state index in [-0.39, 0.29) is 48.3 Å². The summed E-state index contributed by atoms with van der Waals surface area (Å²) >= 11 is 0. The molecule has 1 aliphatic rings. The number of aromatic nitrogens is 2. The Labute approximate surface area is 188 Å². The molecule has 0 radical (unpaired) electrons. The highest BCUT2D eigenvalue weighted by atomic mass is 32.2. The van der Waals surface area contributed by atoms with Gasteiger partial charge in [-0.3, -0.25) is 4.79 Å². The van der Waals surface area contributed by atoms with Crippen molar-refractivity contribution in [2.45, 2.75) is 23.9 Å². The zero-order valence-corrected chi connectivity index (χ0v) is 18.2. The molecule has 0 saturated carbocycles. The number of anilines is 3. The number of nitrogens with zero attached hydrogens (tertiary/aromatic N) is 3. The van der Waals surface area contributed by atoms with E-state index in [0.717, 1.165) is 6.20 Å². The first-order valence-corrected chi connectivity index (χ1v) is 11.4. The molecule has 14 heteroatoms. The summed E-state index contributed by atoms with van der Waals surface area (Å²) < 4.78 is 68.3. The lowest BCUT2D eigenvalue weighted by molar-refractivity contribution is -0.134. The second-order valence-corrected chi connectivity index (χ2v) is 9.07. The van der Waals surface area contributed by atoms with E-state index in [9.17, 15) is 26.4 Å². The van der Waals surface area contributed by atoms with E-state index in [0.29, 0.717) is 18.9 Å². The summed E-state index contributed by atoms with van der Waals surface area (Å²) in [6, 6.07) is 5.65. The van der Waals surface area contributed by atoms with Crippen LogP contribution in [0.3, 0.4) is 0 Å². The van der Waals surface area contributed by atoms with Crippen molar-refractivity contribution in [3.8, 4) is 0 Å². The zero-order valence-electron chi connectivity index (χ0n) is 17.4. The Morgan fingerprint density at radius 3 is 2.45 bits per heavy atom. The van der Waals surface area contributed by atoms with Crippen LogP contribution in [0.5, 0.6) is 0 Å². The third kappa shape index (κ3) is 6.76. The average molecular weight is 488 g/mol. The van der Waals surface area contributed by atoms with Crippen LogP contribution >= 0.6 is 0 Å². The Kier molecular flexibility index (Phi) is 7.71. The number of rotatable bonds is 8. The fourth-order valence-electron chi connectivity index (χ4n) is 2.99. The van der Waals surface area contributed by atoms with Crippen LogP contribution in [0.4, 0.5) is 30.6 Å². The number of carbonyl (C=O) groups excluding carboxylic acids is 1. The van der Waals surface area contributed by atoms with Gasteiger partial charge in [-0.25, -0.2) is 13.4 Å². The molecule has 0 aliphatic carbocycles. The SMILES string of the molecule is Nc1nc(NCCCC(F)(F)F)ncc1C(=O)Nc1ccc(S(=O)(=O)N2CCOCC2)cc1. The Morgan fingerprint density at radius 1 is 1.18 bits per heavy atom. The zero-order chi connectivity index (χ0) is 24.1. The van der Waals surface area contributed by atoms with E-state index in [1.54, 1.807) is 0 Å².